The number of nitrogens with one attached hydrogen (secondary N) is 1. The number of benzene rings is 2. The van der Waals surface area contributed by atoms with Crippen LogP contribution in [0.5, 0.6) is 11.5 Å². The van der Waals surface area contributed by atoms with Crippen LogP contribution in [0.2, 0.25) is 0 Å². The molecular weight excluding hydrogens is 424 g/mol. The summed E-state index contributed by atoms with van der Waals surface area (Å²) in [5.74, 6) is 2.15. The monoisotopic (exact) mass is 454 g/mol. The molecule has 1 N–H and O–H groups in total. The largest absolute Gasteiger partial charge is 0.493 e. The summed E-state index contributed by atoms with van der Waals surface area (Å²) in [7, 11) is 1.61. The van der Waals surface area contributed by atoms with Crippen molar-refractivity contribution in [3.05, 3.63) is 59.4 Å². The van der Waals surface area contributed by atoms with Gasteiger partial charge in [0.25, 0.3) is 0 Å². The first kappa shape index (κ1) is 23.7. The van der Waals surface area contributed by atoms with Gasteiger partial charge >= 0.3 is 0 Å². The van der Waals surface area contributed by atoms with Crippen molar-refractivity contribution in [2.75, 3.05) is 18.2 Å². The van der Waals surface area contributed by atoms with E-state index in [1.165, 1.54) is 11.8 Å². The highest BCUT2D eigenvalue weighted by Gasteiger charge is 2.23. The fraction of sp³-hybridized carbons (Fsp3) is 0.375. The number of aryl methyl sites for hydroxylation is 1. The number of nitrogens with zero attached hydrogens (tertiary/aromatic N) is 3. The maximum absolute atomic E-state index is 12.6. The second-order valence-electron chi connectivity index (χ2n) is 7.80. The highest BCUT2D eigenvalue weighted by molar-refractivity contribution is 7.99. The molecule has 8 heteroatoms. The molecule has 0 radical (unpaired) electrons. The van der Waals surface area contributed by atoms with Crippen molar-refractivity contribution < 1.29 is 14.3 Å². The average molecular weight is 455 g/mol. The highest BCUT2D eigenvalue weighted by atomic mass is 32.2. The van der Waals surface area contributed by atoms with Gasteiger partial charge in [0.2, 0.25) is 5.91 Å². The van der Waals surface area contributed by atoms with E-state index in [2.05, 4.69) is 29.4 Å². The van der Waals surface area contributed by atoms with E-state index < -0.39 is 0 Å². The quantitative estimate of drug-likeness (QED) is 0.439. The number of hydrogen-bond acceptors (Lipinski definition) is 6. The number of thioether (sulfide) groups is 1. The van der Waals surface area contributed by atoms with Crippen LogP contribution >= 0.6 is 11.8 Å². The van der Waals surface area contributed by atoms with Crippen LogP contribution in [-0.2, 0) is 4.79 Å². The van der Waals surface area contributed by atoms with E-state index in [1.54, 1.807) is 7.11 Å². The van der Waals surface area contributed by atoms with Crippen LogP contribution in [0, 0.1) is 13.8 Å². The van der Waals surface area contributed by atoms with Gasteiger partial charge in [-0.25, -0.2) is 0 Å². The maximum Gasteiger partial charge on any atom is 0.234 e. The number of carbonyl (C=O) groups excluding carboxylic acids is 1. The van der Waals surface area contributed by atoms with Gasteiger partial charge in [-0.1, -0.05) is 36.0 Å². The maximum atomic E-state index is 12.6. The Kier molecular flexibility index (Phi) is 7.80. The van der Waals surface area contributed by atoms with Crippen LogP contribution in [0.4, 0.5) is 5.69 Å². The van der Waals surface area contributed by atoms with Crippen LogP contribution in [0.1, 0.15) is 49.9 Å². The number of ether oxygens (including phenoxy) is 2. The van der Waals surface area contributed by atoms with Gasteiger partial charge in [-0.2, -0.15) is 0 Å². The second kappa shape index (κ2) is 10.5. The van der Waals surface area contributed by atoms with Crippen molar-refractivity contribution in [1.29, 1.82) is 0 Å². The Morgan fingerprint density at radius 2 is 1.78 bits per heavy atom. The van der Waals surface area contributed by atoms with Gasteiger partial charge in [-0.05, 0) is 63.9 Å². The first-order valence-electron chi connectivity index (χ1n) is 10.5. The summed E-state index contributed by atoms with van der Waals surface area (Å²) >= 11 is 1.36. The average Bonchev–Trinajstić information content (AvgIpc) is 3.20. The van der Waals surface area contributed by atoms with Gasteiger partial charge in [0.05, 0.1) is 12.9 Å². The van der Waals surface area contributed by atoms with Crippen molar-refractivity contribution in [3.63, 3.8) is 0 Å². The lowest BCUT2D eigenvalue weighted by Crippen LogP contribution is -2.17. The van der Waals surface area contributed by atoms with Gasteiger partial charge in [0.1, 0.15) is 0 Å². The third-order valence-corrected chi connectivity index (χ3v) is 6.10. The van der Waals surface area contributed by atoms with Crippen molar-refractivity contribution in [1.82, 2.24) is 14.8 Å². The fourth-order valence-electron chi connectivity index (χ4n) is 3.31. The smallest absolute Gasteiger partial charge is 0.234 e. The molecule has 0 saturated carbocycles. The first-order chi connectivity index (χ1) is 15.3. The SMILES string of the molecule is COc1ccccc1OC(C)c1nnc(SCC(=O)Nc2cccc(C)c2C)n1C(C)C. The number of methoxy groups -OCH3 is 1. The first-order valence-corrected chi connectivity index (χ1v) is 11.5. The zero-order valence-electron chi connectivity index (χ0n) is 19.4. The molecule has 0 bridgehead atoms. The van der Waals surface area contributed by atoms with E-state index in [4.69, 9.17) is 9.47 Å². The molecule has 0 saturated heterocycles. The molecule has 1 atom stereocenters. The zero-order chi connectivity index (χ0) is 23.3. The van der Waals surface area contributed by atoms with E-state index in [0.717, 1.165) is 16.8 Å². The second-order valence-corrected chi connectivity index (χ2v) is 8.74. The van der Waals surface area contributed by atoms with Gasteiger partial charge in [-0.15, -0.1) is 10.2 Å². The van der Waals surface area contributed by atoms with E-state index in [0.29, 0.717) is 22.5 Å². The number of anilines is 1. The van der Waals surface area contributed by atoms with Gasteiger partial charge < -0.3 is 19.4 Å². The molecule has 3 aromatic rings. The Bertz CT molecular complexity index is 1080. The minimum absolute atomic E-state index is 0.0816. The van der Waals surface area contributed by atoms with Crippen LogP contribution < -0.4 is 14.8 Å². The number of para-hydroxylation sites is 2. The molecule has 1 amide bonds. The summed E-state index contributed by atoms with van der Waals surface area (Å²) in [6, 6.07) is 13.5. The van der Waals surface area contributed by atoms with E-state index in [-0.39, 0.29) is 23.8 Å². The number of carbonyl (C=O) groups is 1. The predicted octanol–water partition coefficient (Wildman–Crippen LogP) is 5.36. The molecule has 0 spiro atoms. The third-order valence-electron chi connectivity index (χ3n) is 5.15. The van der Waals surface area contributed by atoms with Gasteiger partial charge in [0, 0.05) is 11.7 Å². The Morgan fingerprint density at radius 1 is 1.06 bits per heavy atom. The summed E-state index contributed by atoms with van der Waals surface area (Å²) in [4.78, 5) is 12.6. The Balaban J connectivity index is 1.71. The molecule has 1 heterocycles. The van der Waals surface area contributed by atoms with Crippen molar-refractivity contribution >= 4 is 23.4 Å². The van der Waals surface area contributed by atoms with Crippen LogP contribution in [0.3, 0.4) is 0 Å². The summed E-state index contributed by atoms with van der Waals surface area (Å²) in [6.07, 6.45) is -0.348. The van der Waals surface area contributed by atoms with Crippen molar-refractivity contribution in [3.8, 4) is 11.5 Å². The Hall–Kier alpha value is -3.00. The molecule has 2 aromatic carbocycles. The lowest BCUT2D eigenvalue weighted by molar-refractivity contribution is -0.113. The fourth-order valence-corrected chi connectivity index (χ4v) is 4.19. The zero-order valence-corrected chi connectivity index (χ0v) is 20.2. The molecule has 3 rings (SSSR count). The normalized spacial score (nSPS) is 12.0. The molecule has 0 aliphatic heterocycles. The summed E-state index contributed by atoms with van der Waals surface area (Å²) in [5, 5.41) is 12.4. The van der Waals surface area contributed by atoms with Crippen molar-refractivity contribution in [2.45, 2.75) is 51.9 Å². The number of rotatable bonds is 9. The molecule has 1 unspecified atom stereocenters. The molecule has 0 aliphatic rings. The van der Waals surface area contributed by atoms with Gasteiger partial charge in [0.15, 0.2) is 28.6 Å². The molecule has 0 fully saturated rings. The number of aromatic nitrogens is 3. The van der Waals surface area contributed by atoms with Crippen LogP contribution in [0.25, 0.3) is 0 Å². The molecule has 7 nitrogen and oxygen atoms in total. The van der Waals surface area contributed by atoms with Crippen LogP contribution in [0.15, 0.2) is 47.6 Å². The van der Waals surface area contributed by atoms with Gasteiger partial charge in [-0.3, -0.25) is 4.79 Å². The minimum atomic E-state index is -0.348. The topological polar surface area (TPSA) is 78.3 Å². The Labute approximate surface area is 193 Å². The standard InChI is InChI=1S/C24H30N4O3S/c1-15(2)28-23(18(5)31-21-13-8-7-12-20(21)30-6)26-27-24(28)32-14-22(29)25-19-11-9-10-16(3)17(19)4/h7-13,15,18H,14H2,1-6H3,(H,25,29). The number of hydrogen-bond donors (Lipinski definition) is 1. The molecule has 170 valence electrons. The molecule has 1 aromatic heterocycles. The van der Waals surface area contributed by atoms with Crippen LogP contribution in [-0.4, -0.2) is 33.5 Å². The summed E-state index contributed by atoms with van der Waals surface area (Å²) < 4.78 is 13.5. The lowest BCUT2D eigenvalue weighted by Gasteiger charge is -2.19. The summed E-state index contributed by atoms with van der Waals surface area (Å²) in [6.45, 7) is 10.1. The van der Waals surface area contributed by atoms with E-state index >= 15 is 0 Å². The van der Waals surface area contributed by atoms with E-state index in [9.17, 15) is 4.79 Å². The number of amides is 1. The summed E-state index contributed by atoms with van der Waals surface area (Å²) in [5.41, 5.74) is 3.05. The van der Waals surface area contributed by atoms with E-state index in [1.807, 2.05) is 67.8 Å². The lowest BCUT2D eigenvalue weighted by atomic mass is 10.1. The molecule has 32 heavy (non-hydrogen) atoms. The minimum Gasteiger partial charge on any atom is -0.493 e. The molecular formula is C24H30N4O3S. The Morgan fingerprint density at radius 3 is 2.47 bits per heavy atom. The highest BCUT2D eigenvalue weighted by Crippen LogP contribution is 2.32. The predicted molar refractivity (Wildman–Crippen MR) is 128 cm³/mol. The van der Waals surface area contributed by atoms with Crippen molar-refractivity contribution in [2.24, 2.45) is 0 Å². The third kappa shape index (κ3) is 5.43. The molecule has 0 aliphatic carbocycles.